The molecule has 0 saturated heterocycles. The molecule has 0 fully saturated rings. The molecule has 0 aromatic heterocycles. The van der Waals surface area contributed by atoms with Crippen LogP contribution in [-0.4, -0.2) is 51.2 Å². The largest absolute Gasteiger partial charge is 0.726 e. The van der Waals surface area contributed by atoms with Gasteiger partial charge in [0.05, 0.1) is 33.8 Å². The molecule has 0 N–H and O–H groups in total. The Bertz CT molecular complexity index is 329. The molecule has 0 rings (SSSR count). The van der Waals surface area contributed by atoms with E-state index in [1.54, 1.807) is 0 Å². The van der Waals surface area contributed by atoms with Gasteiger partial charge in [0, 0.05) is 0 Å². The number of quaternary nitrogens is 1. The molecule has 0 spiro atoms. The predicted molar refractivity (Wildman–Crippen MR) is 91.4 cm³/mol. The number of unbranched alkanes of at least 4 members (excludes halogenated alkanes) is 7. The van der Waals surface area contributed by atoms with Gasteiger partial charge in [-0.15, -0.1) is 0 Å². The summed E-state index contributed by atoms with van der Waals surface area (Å²) in [6.07, 6.45) is 11.5. The SMILES string of the molecule is CCCCCCCCCC[N+](C)(C)CC.CCOS(=O)(=O)[O-]. The van der Waals surface area contributed by atoms with Crippen molar-refractivity contribution in [2.75, 3.05) is 33.8 Å². The number of rotatable bonds is 12. The van der Waals surface area contributed by atoms with Crippen molar-refractivity contribution in [2.45, 2.75) is 72.1 Å². The van der Waals surface area contributed by atoms with E-state index in [2.05, 4.69) is 32.1 Å². The molecule has 22 heavy (non-hydrogen) atoms. The van der Waals surface area contributed by atoms with Gasteiger partial charge in [-0.05, 0) is 26.7 Å². The summed E-state index contributed by atoms with van der Waals surface area (Å²) in [6.45, 7) is 8.51. The van der Waals surface area contributed by atoms with E-state index in [9.17, 15) is 13.0 Å². The van der Waals surface area contributed by atoms with Gasteiger partial charge in [-0.25, -0.2) is 8.42 Å². The summed E-state index contributed by atoms with van der Waals surface area (Å²) in [5.74, 6) is 0. The van der Waals surface area contributed by atoms with Crippen molar-refractivity contribution in [2.24, 2.45) is 0 Å². The lowest BCUT2D eigenvalue weighted by Gasteiger charge is -2.28. The third-order valence-electron chi connectivity index (χ3n) is 3.74. The molecule has 0 saturated carbocycles. The Hall–Kier alpha value is -0.170. The molecule has 0 heterocycles. The minimum absolute atomic E-state index is 0.0914. The zero-order valence-electron chi connectivity index (χ0n) is 15.3. The molecular weight excluding hydrogens is 302 g/mol. The quantitative estimate of drug-likeness (QED) is 0.235. The summed E-state index contributed by atoms with van der Waals surface area (Å²) in [7, 11) is 0.245. The first kappa shape index (κ1) is 24.1. The minimum atomic E-state index is -4.42. The number of hydrogen-bond donors (Lipinski definition) is 0. The Balaban J connectivity index is 0. The van der Waals surface area contributed by atoms with Crippen molar-refractivity contribution in [3.63, 3.8) is 0 Å². The molecule has 0 radical (unpaired) electrons. The average Bonchev–Trinajstić information content (AvgIpc) is 2.41. The van der Waals surface area contributed by atoms with Gasteiger partial charge in [-0.1, -0.05) is 45.4 Å². The van der Waals surface area contributed by atoms with Gasteiger partial charge >= 0.3 is 0 Å². The van der Waals surface area contributed by atoms with Crippen LogP contribution in [0.1, 0.15) is 72.1 Å². The Morgan fingerprint density at radius 2 is 1.32 bits per heavy atom. The van der Waals surface area contributed by atoms with Crippen LogP contribution in [0.2, 0.25) is 0 Å². The highest BCUT2D eigenvalue weighted by Gasteiger charge is 2.09. The number of nitrogens with zero attached hydrogens (tertiary/aromatic N) is 1. The van der Waals surface area contributed by atoms with Gasteiger partial charge in [0.25, 0.3) is 0 Å². The van der Waals surface area contributed by atoms with Crippen molar-refractivity contribution < 1.29 is 21.6 Å². The van der Waals surface area contributed by atoms with Crippen LogP contribution in [0.4, 0.5) is 0 Å². The van der Waals surface area contributed by atoms with Crippen LogP contribution in [0, 0.1) is 0 Å². The molecule has 0 bridgehead atoms. The van der Waals surface area contributed by atoms with E-state index in [0.29, 0.717) is 0 Å². The molecule has 0 aromatic carbocycles. The Morgan fingerprint density at radius 1 is 0.864 bits per heavy atom. The predicted octanol–water partition coefficient (Wildman–Crippen LogP) is 3.71. The minimum Gasteiger partial charge on any atom is -0.726 e. The van der Waals surface area contributed by atoms with E-state index >= 15 is 0 Å². The molecular formula is C16H37NO4S. The maximum Gasteiger partial charge on any atom is 0.217 e. The molecule has 5 nitrogen and oxygen atoms in total. The van der Waals surface area contributed by atoms with E-state index in [0.717, 1.165) is 0 Å². The second-order valence-electron chi connectivity index (χ2n) is 6.27. The molecule has 0 amide bonds. The Kier molecular flexibility index (Phi) is 15.8. The van der Waals surface area contributed by atoms with E-state index < -0.39 is 10.4 Å². The summed E-state index contributed by atoms with van der Waals surface area (Å²) in [6, 6.07) is 0. The summed E-state index contributed by atoms with van der Waals surface area (Å²) in [5.41, 5.74) is 0. The van der Waals surface area contributed by atoms with Crippen LogP contribution < -0.4 is 0 Å². The fourth-order valence-electron chi connectivity index (χ4n) is 1.98. The number of hydrogen-bond acceptors (Lipinski definition) is 4. The highest BCUT2D eigenvalue weighted by Crippen LogP contribution is 2.09. The van der Waals surface area contributed by atoms with Crippen LogP contribution in [-0.2, 0) is 14.6 Å². The third-order valence-corrected chi connectivity index (χ3v) is 4.26. The summed E-state index contributed by atoms with van der Waals surface area (Å²) in [4.78, 5) is 0. The molecule has 0 atom stereocenters. The van der Waals surface area contributed by atoms with Crippen LogP contribution in [0.15, 0.2) is 0 Å². The lowest BCUT2D eigenvalue weighted by Crippen LogP contribution is -2.39. The highest BCUT2D eigenvalue weighted by atomic mass is 32.3. The van der Waals surface area contributed by atoms with Gasteiger partial charge < -0.3 is 9.04 Å². The lowest BCUT2D eigenvalue weighted by molar-refractivity contribution is -0.888. The van der Waals surface area contributed by atoms with Crippen molar-refractivity contribution in [3.8, 4) is 0 Å². The summed E-state index contributed by atoms with van der Waals surface area (Å²) >= 11 is 0. The monoisotopic (exact) mass is 339 g/mol. The first-order valence-electron chi connectivity index (χ1n) is 8.60. The molecule has 0 aliphatic heterocycles. The zero-order valence-corrected chi connectivity index (χ0v) is 16.1. The Morgan fingerprint density at radius 3 is 1.64 bits per heavy atom. The normalized spacial score (nSPS) is 11.9. The first-order chi connectivity index (χ1) is 10.2. The lowest BCUT2D eigenvalue weighted by atomic mass is 10.1. The molecule has 0 aliphatic carbocycles. The van der Waals surface area contributed by atoms with Gasteiger partial charge in [0.2, 0.25) is 10.4 Å². The van der Waals surface area contributed by atoms with Gasteiger partial charge in [0.1, 0.15) is 0 Å². The average molecular weight is 340 g/mol. The fraction of sp³-hybridized carbons (Fsp3) is 1.00. The van der Waals surface area contributed by atoms with Crippen molar-refractivity contribution >= 4 is 10.4 Å². The van der Waals surface area contributed by atoms with Crippen LogP contribution in [0.3, 0.4) is 0 Å². The maximum absolute atomic E-state index is 9.45. The van der Waals surface area contributed by atoms with Crippen LogP contribution >= 0.6 is 0 Å². The van der Waals surface area contributed by atoms with Gasteiger partial charge in [-0.2, -0.15) is 0 Å². The summed E-state index contributed by atoms with van der Waals surface area (Å²) < 4.78 is 33.2. The zero-order chi connectivity index (χ0) is 17.5. The fourth-order valence-corrected chi connectivity index (χ4v) is 2.26. The first-order valence-corrected chi connectivity index (χ1v) is 9.94. The second-order valence-corrected chi connectivity index (χ2v) is 7.32. The van der Waals surface area contributed by atoms with E-state index in [4.69, 9.17) is 0 Å². The molecule has 6 heteroatoms. The van der Waals surface area contributed by atoms with Crippen molar-refractivity contribution in [1.82, 2.24) is 0 Å². The topological polar surface area (TPSA) is 66.4 Å². The molecule has 136 valence electrons. The van der Waals surface area contributed by atoms with Crippen molar-refractivity contribution in [3.05, 3.63) is 0 Å². The van der Waals surface area contributed by atoms with E-state index in [1.807, 2.05) is 0 Å². The van der Waals surface area contributed by atoms with Crippen LogP contribution in [0.25, 0.3) is 0 Å². The molecule has 0 aromatic rings. The van der Waals surface area contributed by atoms with E-state index in [-0.39, 0.29) is 6.61 Å². The standard InChI is InChI=1S/C14H32N.C2H6O4S/c1-5-7-8-9-10-11-12-13-14-15(3,4)6-2;1-2-6-7(3,4)5/h5-14H2,1-4H3;2H2,1H3,(H,3,4,5)/q+1;/p-1. The smallest absolute Gasteiger partial charge is 0.217 e. The highest BCUT2D eigenvalue weighted by molar-refractivity contribution is 7.80. The molecule has 0 aliphatic rings. The van der Waals surface area contributed by atoms with Crippen LogP contribution in [0.5, 0.6) is 0 Å². The maximum atomic E-state index is 9.45. The summed E-state index contributed by atoms with van der Waals surface area (Å²) in [5, 5.41) is 0. The van der Waals surface area contributed by atoms with Crippen molar-refractivity contribution in [1.29, 1.82) is 0 Å². The third kappa shape index (κ3) is 22.1. The molecule has 0 unspecified atom stereocenters. The Labute approximate surface area is 138 Å². The van der Waals surface area contributed by atoms with E-state index in [1.165, 1.54) is 75.9 Å². The van der Waals surface area contributed by atoms with Gasteiger partial charge in [-0.3, -0.25) is 4.18 Å². The second kappa shape index (κ2) is 14.4. The van der Waals surface area contributed by atoms with Gasteiger partial charge in [0.15, 0.2) is 0 Å².